The lowest BCUT2D eigenvalue weighted by Crippen LogP contribution is -2.62. The van der Waals surface area contributed by atoms with Crippen molar-refractivity contribution in [1.29, 1.82) is 0 Å². The van der Waals surface area contributed by atoms with Gasteiger partial charge in [-0.05, 0) is 34.4 Å². The first kappa shape index (κ1) is 35.6. The zero-order chi connectivity index (χ0) is 35.3. The SMILES string of the molecule is O=C(OC1O[C@H](COCc2ccccc2)[C@H](OCc2ccccc2)[C@H](OCc2ccccc2)[C@H]1OCc1ccccc1)c1ccc([N+](=O)[O-])cc1. The van der Waals surface area contributed by atoms with Gasteiger partial charge < -0.3 is 28.4 Å². The van der Waals surface area contributed by atoms with Crippen molar-refractivity contribution in [2.75, 3.05) is 6.61 Å². The second-order valence-corrected chi connectivity index (χ2v) is 12.0. The van der Waals surface area contributed by atoms with Crippen LogP contribution in [0.3, 0.4) is 0 Å². The Morgan fingerprint density at radius 3 is 1.47 bits per heavy atom. The van der Waals surface area contributed by atoms with Gasteiger partial charge in [-0.25, -0.2) is 4.79 Å². The summed E-state index contributed by atoms with van der Waals surface area (Å²) in [6.07, 6.45) is -4.43. The third-order valence-corrected chi connectivity index (χ3v) is 8.38. The molecule has 10 nitrogen and oxygen atoms in total. The summed E-state index contributed by atoms with van der Waals surface area (Å²) >= 11 is 0. The maximum Gasteiger partial charge on any atom is 0.340 e. The Morgan fingerprint density at radius 2 is 1.00 bits per heavy atom. The van der Waals surface area contributed by atoms with Crippen molar-refractivity contribution in [1.82, 2.24) is 0 Å². The van der Waals surface area contributed by atoms with Crippen LogP contribution in [0.5, 0.6) is 0 Å². The molecule has 5 aromatic rings. The first-order valence-corrected chi connectivity index (χ1v) is 16.7. The van der Waals surface area contributed by atoms with Crippen LogP contribution in [-0.4, -0.2) is 48.2 Å². The predicted molar refractivity (Wildman–Crippen MR) is 188 cm³/mol. The molecule has 6 rings (SSSR count). The molecule has 1 saturated heterocycles. The third-order valence-electron chi connectivity index (χ3n) is 8.38. The fourth-order valence-corrected chi connectivity index (χ4v) is 5.73. The average Bonchev–Trinajstić information content (AvgIpc) is 3.18. The average molecular weight is 690 g/mol. The molecule has 5 atom stereocenters. The van der Waals surface area contributed by atoms with E-state index in [1.807, 2.05) is 121 Å². The van der Waals surface area contributed by atoms with Crippen molar-refractivity contribution in [3.05, 3.63) is 184 Å². The lowest BCUT2D eigenvalue weighted by atomic mass is 9.97. The molecule has 1 heterocycles. The van der Waals surface area contributed by atoms with Gasteiger partial charge in [0.2, 0.25) is 6.29 Å². The molecular weight excluding hydrogens is 650 g/mol. The van der Waals surface area contributed by atoms with Crippen molar-refractivity contribution in [2.24, 2.45) is 0 Å². The number of rotatable bonds is 16. The van der Waals surface area contributed by atoms with Crippen LogP contribution in [0.15, 0.2) is 146 Å². The minimum absolute atomic E-state index is 0.0938. The molecule has 1 fully saturated rings. The molecule has 0 aromatic heterocycles. The van der Waals surface area contributed by atoms with E-state index in [-0.39, 0.29) is 37.7 Å². The van der Waals surface area contributed by atoms with Gasteiger partial charge in [0.15, 0.2) is 0 Å². The fraction of sp³-hybridized carbons (Fsp3) is 0.244. The van der Waals surface area contributed by atoms with Gasteiger partial charge in [0.05, 0.1) is 43.5 Å². The summed E-state index contributed by atoms with van der Waals surface area (Å²) in [5, 5.41) is 11.2. The highest BCUT2D eigenvalue weighted by Crippen LogP contribution is 2.32. The van der Waals surface area contributed by atoms with Crippen LogP contribution in [0.2, 0.25) is 0 Å². The highest BCUT2D eigenvalue weighted by molar-refractivity contribution is 5.89. The molecule has 0 saturated carbocycles. The minimum atomic E-state index is -1.25. The Hall–Kier alpha value is -5.23. The molecule has 1 aliphatic rings. The predicted octanol–water partition coefficient (Wildman–Crippen LogP) is 7.45. The molecule has 262 valence electrons. The van der Waals surface area contributed by atoms with Crippen molar-refractivity contribution >= 4 is 11.7 Å². The lowest BCUT2D eigenvalue weighted by molar-refractivity contribution is -0.384. The maximum absolute atomic E-state index is 13.6. The fourth-order valence-electron chi connectivity index (χ4n) is 5.73. The van der Waals surface area contributed by atoms with Crippen LogP contribution in [0.25, 0.3) is 0 Å². The quantitative estimate of drug-likeness (QED) is 0.0592. The molecule has 5 aromatic carbocycles. The van der Waals surface area contributed by atoms with Gasteiger partial charge in [0.25, 0.3) is 5.69 Å². The second-order valence-electron chi connectivity index (χ2n) is 12.0. The third kappa shape index (κ3) is 10.2. The number of non-ortho nitro benzene ring substituents is 1. The second kappa shape index (κ2) is 18.1. The van der Waals surface area contributed by atoms with Gasteiger partial charge in [-0.1, -0.05) is 121 Å². The van der Waals surface area contributed by atoms with Crippen molar-refractivity contribution in [2.45, 2.75) is 57.1 Å². The molecule has 10 heteroatoms. The summed E-state index contributed by atoms with van der Waals surface area (Å²) in [4.78, 5) is 24.3. The molecule has 0 spiro atoms. The van der Waals surface area contributed by atoms with E-state index >= 15 is 0 Å². The Balaban J connectivity index is 1.32. The zero-order valence-corrected chi connectivity index (χ0v) is 27.9. The van der Waals surface area contributed by atoms with Gasteiger partial charge >= 0.3 is 5.97 Å². The first-order chi connectivity index (χ1) is 25.0. The highest BCUT2D eigenvalue weighted by atomic mass is 16.7. The van der Waals surface area contributed by atoms with Gasteiger partial charge in [-0.15, -0.1) is 0 Å². The van der Waals surface area contributed by atoms with Crippen molar-refractivity contribution in [3.63, 3.8) is 0 Å². The number of hydrogen-bond donors (Lipinski definition) is 0. The first-order valence-electron chi connectivity index (χ1n) is 16.7. The van der Waals surface area contributed by atoms with Crippen LogP contribution in [0, 0.1) is 10.1 Å². The molecule has 0 N–H and O–H groups in total. The number of carbonyl (C=O) groups is 1. The number of nitrogens with zero attached hydrogens (tertiary/aromatic N) is 1. The van der Waals surface area contributed by atoms with E-state index in [1.54, 1.807) is 0 Å². The monoisotopic (exact) mass is 689 g/mol. The molecule has 0 bridgehead atoms. The highest BCUT2D eigenvalue weighted by Gasteiger charge is 2.50. The number of ether oxygens (including phenoxy) is 6. The Morgan fingerprint density at radius 1 is 0.569 bits per heavy atom. The summed E-state index contributed by atoms with van der Waals surface area (Å²) in [6, 6.07) is 44.1. The van der Waals surface area contributed by atoms with E-state index in [0.717, 1.165) is 22.3 Å². The Bertz CT molecular complexity index is 1790. The summed E-state index contributed by atoms with van der Waals surface area (Å²) < 4.78 is 38.6. The maximum atomic E-state index is 13.6. The number of benzene rings is 5. The number of nitro groups is 1. The molecule has 51 heavy (non-hydrogen) atoms. The van der Waals surface area contributed by atoms with Gasteiger partial charge in [0.1, 0.15) is 24.4 Å². The van der Waals surface area contributed by atoms with E-state index < -0.39 is 41.6 Å². The van der Waals surface area contributed by atoms with Gasteiger partial charge in [0, 0.05) is 12.1 Å². The van der Waals surface area contributed by atoms with E-state index in [9.17, 15) is 14.9 Å². The minimum Gasteiger partial charge on any atom is -0.429 e. The summed E-state index contributed by atoms with van der Waals surface area (Å²) in [5.41, 5.74) is 3.74. The van der Waals surface area contributed by atoms with Crippen LogP contribution in [-0.2, 0) is 54.8 Å². The van der Waals surface area contributed by atoms with Crippen LogP contribution < -0.4 is 0 Å². The van der Waals surface area contributed by atoms with Crippen LogP contribution >= 0.6 is 0 Å². The van der Waals surface area contributed by atoms with E-state index in [2.05, 4.69) is 0 Å². The largest absolute Gasteiger partial charge is 0.429 e. The summed E-state index contributed by atoms with van der Waals surface area (Å²) in [6.45, 7) is 1.07. The molecule has 0 radical (unpaired) electrons. The molecule has 1 aliphatic heterocycles. The van der Waals surface area contributed by atoms with Crippen LogP contribution in [0.4, 0.5) is 5.69 Å². The van der Waals surface area contributed by atoms with E-state index in [1.165, 1.54) is 24.3 Å². The number of hydrogen-bond acceptors (Lipinski definition) is 9. The van der Waals surface area contributed by atoms with Gasteiger partial charge in [-0.3, -0.25) is 10.1 Å². The van der Waals surface area contributed by atoms with E-state index in [0.29, 0.717) is 6.61 Å². The Labute approximate surface area is 296 Å². The van der Waals surface area contributed by atoms with Gasteiger partial charge in [-0.2, -0.15) is 0 Å². The van der Waals surface area contributed by atoms with Crippen LogP contribution in [0.1, 0.15) is 32.6 Å². The molecule has 0 aliphatic carbocycles. The smallest absolute Gasteiger partial charge is 0.340 e. The standard InChI is InChI=1S/C41H39NO9/c43-40(34-21-23-35(24-22-34)42(44)45)51-41-39(49-28-33-19-11-4-12-20-33)38(48-27-32-17-9-3-10-18-32)37(47-26-31-15-7-2-8-16-31)36(50-41)29-46-25-30-13-5-1-6-14-30/h1-24,36-39,41H,25-29H2/t36-,37+,38+,39-,41?/m1/s1. The Kier molecular flexibility index (Phi) is 12.7. The van der Waals surface area contributed by atoms with E-state index in [4.69, 9.17) is 28.4 Å². The van der Waals surface area contributed by atoms with Crippen molar-refractivity contribution in [3.8, 4) is 0 Å². The zero-order valence-electron chi connectivity index (χ0n) is 27.9. The number of esters is 1. The molecule has 1 unspecified atom stereocenters. The normalized spacial score (nSPS) is 20.0. The van der Waals surface area contributed by atoms with Crippen molar-refractivity contribution < 1.29 is 38.1 Å². The molecular formula is C41H39NO9. The molecule has 0 amide bonds. The number of carbonyl (C=O) groups excluding carboxylic acids is 1. The number of nitro benzene ring substituents is 1. The summed E-state index contributed by atoms with van der Waals surface area (Å²) in [7, 11) is 0. The lowest BCUT2D eigenvalue weighted by Gasteiger charge is -2.45. The summed E-state index contributed by atoms with van der Waals surface area (Å²) in [5.74, 6) is -0.738. The topological polar surface area (TPSA) is 116 Å².